The number of hydrogen-bond acceptors (Lipinski definition) is 5. The first kappa shape index (κ1) is 18.7. The maximum atomic E-state index is 6.26. The molecule has 1 atom stereocenters. The second-order valence-electron chi connectivity index (χ2n) is 6.28. The van der Waals surface area contributed by atoms with E-state index in [1.807, 2.05) is 28.8 Å². The average molecular weight is 421 g/mol. The van der Waals surface area contributed by atoms with Gasteiger partial charge in [0.15, 0.2) is 11.0 Å². The highest BCUT2D eigenvalue weighted by atomic mass is 35.5. The number of nitrogens with zero attached hydrogens (tertiary/aromatic N) is 4. The smallest absolute Gasteiger partial charge is 0.196 e. The predicted octanol–water partition coefficient (Wildman–Crippen LogP) is 5.30. The molecular weight excluding hydrogens is 403 g/mol. The van der Waals surface area contributed by atoms with E-state index in [9.17, 15) is 0 Å². The number of pyridine rings is 1. The minimum absolute atomic E-state index is 0.257. The number of halogens is 2. The lowest BCUT2D eigenvalue weighted by Gasteiger charge is -2.22. The Balaban J connectivity index is 1.70. The maximum absolute atomic E-state index is 6.26. The largest absolute Gasteiger partial charge is 0.377 e. The van der Waals surface area contributed by atoms with Crippen molar-refractivity contribution < 1.29 is 4.74 Å². The van der Waals surface area contributed by atoms with Crippen LogP contribution in [0.5, 0.6) is 0 Å². The second-order valence-corrected chi connectivity index (χ2v) is 8.08. The molecule has 0 amide bonds. The number of rotatable bonds is 5. The van der Waals surface area contributed by atoms with Gasteiger partial charge in [0.25, 0.3) is 0 Å². The van der Waals surface area contributed by atoms with Crippen LogP contribution in [-0.4, -0.2) is 38.2 Å². The molecule has 0 saturated carbocycles. The normalized spacial score (nSPS) is 17.2. The summed E-state index contributed by atoms with van der Waals surface area (Å²) in [6.07, 6.45) is 7.19. The van der Waals surface area contributed by atoms with E-state index in [1.165, 1.54) is 6.42 Å². The second kappa shape index (κ2) is 8.61. The van der Waals surface area contributed by atoms with Gasteiger partial charge in [-0.05, 0) is 49.6 Å². The lowest BCUT2D eigenvalue weighted by molar-refractivity contribution is 0.0315. The van der Waals surface area contributed by atoms with E-state index in [1.54, 1.807) is 30.2 Å². The summed E-state index contributed by atoms with van der Waals surface area (Å²) in [5.41, 5.74) is 1.80. The summed E-state index contributed by atoms with van der Waals surface area (Å²) in [7, 11) is 0. The molecule has 1 aliphatic rings. The van der Waals surface area contributed by atoms with Crippen LogP contribution in [0.25, 0.3) is 17.1 Å². The lowest BCUT2D eigenvalue weighted by atomic mass is 10.1. The van der Waals surface area contributed by atoms with Gasteiger partial charge in [0.05, 0.1) is 21.8 Å². The van der Waals surface area contributed by atoms with Crippen LogP contribution in [0, 0.1) is 0 Å². The molecular formula is C19H18Cl2N4OS. The standard InChI is InChI=1S/C19H18Cl2N4OS/c20-16-5-4-14(11-17(16)21)25-18(13-6-8-22-9-7-13)23-24-19(25)27-12-15-3-1-2-10-26-15/h4-9,11,15H,1-3,10,12H2/t15-/m1/s1. The first-order chi connectivity index (χ1) is 13.2. The molecule has 1 aliphatic heterocycles. The molecule has 27 heavy (non-hydrogen) atoms. The van der Waals surface area contributed by atoms with Crippen LogP contribution in [0.2, 0.25) is 10.0 Å². The third-order valence-electron chi connectivity index (χ3n) is 4.41. The zero-order chi connectivity index (χ0) is 18.6. The number of benzene rings is 1. The number of aromatic nitrogens is 4. The molecule has 0 bridgehead atoms. The molecule has 0 spiro atoms. The first-order valence-electron chi connectivity index (χ1n) is 8.78. The molecule has 0 radical (unpaired) electrons. The highest BCUT2D eigenvalue weighted by Gasteiger charge is 2.20. The van der Waals surface area contributed by atoms with Crippen molar-refractivity contribution in [2.75, 3.05) is 12.4 Å². The minimum Gasteiger partial charge on any atom is -0.377 e. The van der Waals surface area contributed by atoms with E-state index in [2.05, 4.69) is 15.2 Å². The van der Waals surface area contributed by atoms with Gasteiger partial charge >= 0.3 is 0 Å². The molecule has 3 heterocycles. The van der Waals surface area contributed by atoms with Crippen molar-refractivity contribution in [1.82, 2.24) is 19.7 Å². The Hall–Kier alpha value is -1.60. The fourth-order valence-electron chi connectivity index (χ4n) is 3.01. The molecule has 1 aromatic carbocycles. The summed E-state index contributed by atoms with van der Waals surface area (Å²) in [6, 6.07) is 9.37. The van der Waals surface area contributed by atoms with Crippen molar-refractivity contribution in [3.63, 3.8) is 0 Å². The van der Waals surface area contributed by atoms with E-state index < -0.39 is 0 Å². The molecule has 0 N–H and O–H groups in total. The monoisotopic (exact) mass is 420 g/mol. The molecule has 8 heteroatoms. The van der Waals surface area contributed by atoms with Crippen LogP contribution >= 0.6 is 35.0 Å². The zero-order valence-electron chi connectivity index (χ0n) is 14.5. The Morgan fingerprint density at radius 1 is 1.07 bits per heavy atom. The van der Waals surface area contributed by atoms with Crippen molar-refractivity contribution in [2.45, 2.75) is 30.5 Å². The zero-order valence-corrected chi connectivity index (χ0v) is 16.8. The fourth-order valence-corrected chi connectivity index (χ4v) is 4.32. The molecule has 3 aromatic rings. The van der Waals surface area contributed by atoms with Crippen LogP contribution in [0.1, 0.15) is 19.3 Å². The van der Waals surface area contributed by atoms with Crippen molar-refractivity contribution >= 4 is 35.0 Å². The Morgan fingerprint density at radius 3 is 2.67 bits per heavy atom. The number of hydrogen-bond donors (Lipinski definition) is 0. The molecule has 0 unspecified atom stereocenters. The van der Waals surface area contributed by atoms with Gasteiger partial charge in [0.1, 0.15) is 0 Å². The van der Waals surface area contributed by atoms with Gasteiger partial charge in [-0.3, -0.25) is 9.55 Å². The molecule has 4 rings (SSSR count). The lowest BCUT2D eigenvalue weighted by Crippen LogP contribution is -2.21. The molecule has 5 nitrogen and oxygen atoms in total. The first-order valence-corrected chi connectivity index (χ1v) is 10.5. The third-order valence-corrected chi connectivity index (χ3v) is 6.21. The molecule has 1 fully saturated rings. The topological polar surface area (TPSA) is 52.8 Å². The van der Waals surface area contributed by atoms with Crippen LogP contribution in [0.15, 0.2) is 47.9 Å². The highest BCUT2D eigenvalue weighted by molar-refractivity contribution is 7.99. The van der Waals surface area contributed by atoms with E-state index in [0.29, 0.717) is 10.0 Å². The highest BCUT2D eigenvalue weighted by Crippen LogP contribution is 2.32. The van der Waals surface area contributed by atoms with E-state index in [4.69, 9.17) is 27.9 Å². The maximum Gasteiger partial charge on any atom is 0.196 e. The molecule has 1 saturated heterocycles. The SMILES string of the molecule is Clc1ccc(-n2c(SC[C@H]3CCCCO3)nnc2-c2ccncc2)cc1Cl. The minimum atomic E-state index is 0.257. The van der Waals surface area contributed by atoms with Gasteiger partial charge < -0.3 is 4.74 Å². The van der Waals surface area contributed by atoms with Crippen LogP contribution < -0.4 is 0 Å². The molecule has 2 aromatic heterocycles. The Kier molecular flexibility index (Phi) is 5.98. The Bertz CT molecular complexity index is 913. The summed E-state index contributed by atoms with van der Waals surface area (Å²) in [6.45, 7) is 0.840. The molecule has 0 aliphatic carbocycles. The summed E-state index contributed by atoms with van der Waals surface area (Å²) < 4.78 is 7.85. The third kappa shape index (κ3) is 4.29. The Morgan fingerprint density at radius 2 is 1.93 bits per heavy atom. The average Bonchev–Trinajstić information content (AvgIpc) is 3.14. The van der Waals surface area contributed by atoms with Crippen molar-refractivity contribution in [2.24, 2.45) is 0 Å². The van der Waals surface area contributed by atoms with Gasteiger partial charge in [0.2, 0.25) is 0 Å². The van der Waals surface area contributed by atoms with Crippen LogP contribution in [-0.2, 0) is 4.74 Å². The van der Waals surface area contributed by atoms with E-state index in [0.717, 1.165) is 47.4 Å². The van der Waals surface area contributed by atoms with E-state index in [-0.39, 0.29) is 6.10 Å². The number of thioether (sulfide) groups is 1. The van der Waals surface area contributed by atoms with Gasteiger partial charge in [-0.2, -0.15) is 0 Å². The summed E-state index contributed by atoms with van der Waals surface area (Å²) >= 11 is 14.0. The van der Waals surface area contributed by atoms with Crippen molar-refractivity contribution in [3.05, 3.63) is 52.8 Å². The summed E-state index contributed by atoms with van der Waals surface area (Å²) in [5, 5.41) is 10.7. The Labute approximate surface area is 172 Å². The summed E-state index contributed by atoms with van der Waals surface area (Å²) in [4.78, 5) is 4.09. The van der Waals surface area contributed by atoms with Crippen molar-refractivity contribution in [3.8, 4) is 17.1 Å². The number of ether oxygens (including phenoxy) is 1. The fraction of sp³-hybridized carbons (Fsp3) is 0.316. The van der Waals surface area contributed by atoms with Crippen LogP contribution in [0.4, 0.5) is 0 Å². The van der Waals surface area contributed by atoms with Gasteiger partial charge in [-0.25, -0.2) is 0 Å². The van der Waals surface area contributed by atoms with E-state index >= 15 is 0 Å². The molecule has 140 valence electrons. The summed E-state index contributed by atoms with van der Waals surface area (Å²) in [5.74, 6) is 1.58. The van der Waals surface area contributed by atoms with Gasteiger partial charge in [-0.15, -0.1) is 10.2 Å². The predicted molar refractivity (Wildman–Crippen MR) is 109 cm³/mol. The van der Waals surface area contributed by atoms with Crippen molar-refractivity contribution in [1.29, 1.82) is 0 Å². The van der Waals surface area contributed by atoms with Crippen LogP contribution in [0.3, 0.4) is 0 Å². The van der Waals surface area contributed by atoms with Gasteiger partial charge in [-0.1, -0.05) is 35.0 Å². The van der Waals surface area contributed by atoms with Gasteiger partial charge in [0, 0.05) is 30.3 Å². The quantitative estimate of drug-likeness (QED) is 0.524.